The number of hydrogen-bond donors (Lipinski definition) is 2. The van der Waals surface area contributed by atoms with Crippen LogP contribution in [0, 0.1) is 6.92 Å². The summed E-state index contributed by atoms with van der Waals surface area (Å²) in [4.78, 5) is 12.7. The van der Waals surface area contributed by atoms with Crippen molar-refractivity contribution in [1.82, 2.24) is 5.32 Å². The van der Waals surface area contributed by atoms with Crippen molar-refractivity contribution in [3.05, 3.63) is 35.4 Å². The van der Waals surface area contributed by atoms with E-state index in [-0.39, 0.29) is 11.3 Å². The van der Waals surface area contributed by atoms with Crippen LogP contribution in [0.25, 0.3) is 0 Å². The molecule has 0 heterocycles. The van der Waals surface area contributed by atoms with E-state index in [1.54, 1.807) is 0 Å². The molecule has 2 N–H and O–H groups in total. The van der Waals surface area contributed by atoms with Gasteiger partial charge in [0.05, 0.1) is 11.0 Å². The molecule has 0 radical (unpaired) electrons. The van der Waals surface area contributed by atoms with E-state index >= 15 is 0 Å². The molecule has 0 atom stereocenters. The van der Waals surface area contributed by atoms with Gasteiger partial charge in [0.2, 0.25) is 5.91 Å². The second-order valence-corrected chi connectivity index (χ2v) is 6.92. The van der Waals surface area contributed by atoms with Gasteiger partial charge in [-0.05, 0) is 38.2 Å². The molecule has 0 aliphatic heterocycles. The molecule has 21 heavy (non-hydrogen) atoms. The highest BCUT2D eigenvalue weighted by Gasteiger charge is 2.46. The summed E-state index contributed by atoms with van der Waals surface area (Å²) in [5.41, 5.74) is 1.29. The number of amides is 1. The Morgan fingerprint density at radius 1 is 1.19 bits per heavy atom. The molecule has 2 aliphatic carbocycles. The van der Waals surface area contributed by atoms with Crippen molar-refractivity contribution in [3.8, 4) is 0 Å². The van der Waals surface area contributed by atoms with Gasteiger partial charge < -0.3 is 10.4 Å². The van der Waals surface area contributed by atoms with Gasteiger partial charge in [-0.15, -0.1) is 0 Å². The fourth-order valence-corrected chi connectivity index (χ4v) is 3.74. The highest BCUT2D eigenvalue weighted by molar-refractivity contribution is 5.89. The molecular weight excluding hydrogens is 262 g/mol. The fourth-order valence-electron chi connectivity index (χ4n) is 3.74. The molecule has 3 nitrogen and oxygen atoms in total. The molecule has 3 rings (SSSR count). The Balaban J connectivity index is 1.72. The monoisotopic (exact) mass is 287 g/mol. The first-order valence-corrected chi connectivity index (χ1v) is 8.12. The van der Waals surface area contributed by atoms with Gasteiger partial charge in [-0.1, -0.05) is 49.1 Å². The van der Waals surface area contributed by atoms with Gasteiger partial charge in [-0.2, -0.15) is 0 Å². The average Bonchev–Trinajstić information content (AvgIpc) is 2.83. The number of carbonyl (C=O) groups excluding carboxylic acids is 1. The summed E-state index contributed by atoms with van der Waals surface area (Å²) in [7, 11) is 0. The first kappa shape index (κ1) is 14.6. The van der Waals surface area contributed by atoms with Crippen molar-refractivity contribution in [2.24, 2.45) is 0 Å². The summed E-state index contributed by atoms with van der Waals surface area (Å²) in [5, 5.41) is 13.4. The molecule has 2 aliphatic rings. The van der Waals surface area contributed by atoms with Crippen molar-refractivity contribution < 1.29 is 9.90 Å². The Morgan fingerprint density at radius 3 is 2.48 bits per heavy atom. The molecule has 0 aromatic heterocycles. The minimum absolute atomic E-state index is 0.0969. The van der Waals surface area contributed by atoms with Crippen LogP contribution in [0.3, 0.4) is 0 Å². The molecule has 0 unspecified atom stereocenters. The maximum atomic E-state index is 12.7. The molecule has 1 amide bonds. The van der Waals surface area contributed by atoms with Crippen LogP contribution < -0.4 is 5.32 Å². The zero-order chi connectivity index (χ0) is 14.9. The van der Waals surface area contributed by atoms with E-state index in [1.807, 2.05) is 6.07 Å². The molecule has 114 valence electrons. The van der Waals surface area contributed by atoms with E-state index < -0.39 is 5.60 Å². The first-order valence-electron chi connectivity index (χ1n) is 8.12. The minimum atomic E-state index is -0.673. The van der Waals surface area contributed by atoms with Crippen LogP contribution in [0.2, 0.25) is 0 Å². The molecule has 1 aromatic rings. The van der Waals surface area contributed by atoms with E-state index in [4.69, 9.17) is 0 Å². The summed E-state index contributed by atoms with van der Waals surface area (Å²) < 4.78 is 0. The van der Waals surface area contributed by atoms with E-state index in [0.717, 1.165) is 50.5 Å². The Kier molecular flexibility index (Phi) is 3.78. The molecule has 0 spiro atoms. The van der Waals surface area contributed by atoms with E-state index in [1.165, 1.54) is 5.56 Å². The van der Waals surface area contributed by atoms with E-state index in [9.17, 15) is 9.90 Å². The van der Waals surface area contributed by atoms with Crippen molar-refractivity contribution in [1.29, 1.82) is 0 Å². The van der Waals surface area contributed by atoms with Gasteiger partial charge in [0.15, 0.2) is 0 Å². The SMILES string of the molecule is Cc1cccc(C2(C(=O)NCC3(O)CCCC3)CCC2)c1. The summed E-state index contributed by atoms with van der Waals surface area (Å²) in [6.45, 7) is 2.47. The molecular formula is C18H25NO2. The predicted molar refractivity (Wildman–Crippen MR) is 83.1 cm³/mol. The number of nitrogens with one attached hydrogen (secondary N) is 1. The van der Waals surface area contributed by atoms with Crippen LogP contribution in [-0.4, -0.2) is 23.2 Å². The van der Waals surface area contributed by atoms with Crippen LogP contribution in [0.15, 0.2) is 24.3 Å². The lowest BCUT2D eigenvalue weighted by atomic mass is 9.63. The largest absolute Gasteiger partial charge is 0.388 e. The minimum Gasteiger partial charge on any atom is -0.388 e. The van der Waals surface area contributed by atoms with Crippen LogP contribution in [0.1, 0.15) is 56.1 Å². The number of aryl methyl sites for hydroxylation is 1. The lowest BCUT2D eigenvalue weighted by molar-refractivity contribution is -0.131. The maximum Gasteiger partial charge on any atom is 0.230 e. The number of hydrogen-bond acceptors (Lipinski definition) is 2. The molecule has 2 fully saturated rings. The third kappa shape index (κ3) is 2.71. The predicted octanol–water partition coefficient (Wildman–Crippen LogP) is 2.84. The maximum absolute atomic E-state index is 12.7. The van der Waals surface area contributed by atoms with Crippen molar-refractivity contribution >= 4 is 5.91 Å². The second kappa shape index (κ2) is 5.45. The molecule has 2 saturated carbocycles. The van der Waals surface area contributed by atoms with Gasteiger partial charge >= 0.3 is 0 Å². The smallest absolute Gasteiger partial charge is 0.230 e. The zero-order valence-electron chi connectivity index (χ0n) is 12.8. The molecule has 3 heteroatoms. The lowest BCUT2D eigenvalue weighted by Crippen LogP contribution is -2.52. The Labute approximate surface area is 126 Å². The summed E-state index contributed by atoms with van der Waals surface area (Å²) in [6, 6.07) is 8.29. The quantitative estimate of drug-likeness (QED) is 0.894. The van der Waals surface area contributed by atoms with Crippen LogP contribution in [0.5, 0.6) is 0 Å². The van der Waals surface area contributed by atoms with Crippen molar-refractivity contribution in [2.45, 2.75) is 62.9 Å². The number of rotatable bonds is 4. The first-order chi connectivity index (χ1) is 10.0. The zero-order valence-corrected chi connectivity index (χ0v) is 12.8. The van der Waals surface area contributed by atoms with E-state index in [0.29, 0.717) is 6.54 Å². The summed E-state index contributed by atoms with van der Waals surface area (Å²) >= 11 is 0. The van der Waals surface area contributed by atoms with Crippen molar-refractivity contribution in [3.63, 3.8) is 0 Å². The summed E-state index contributed by atoms with van der Waals surface area (Å²) in [6.07, 6.45) is 6.69. The third-order valence-corrected chi connectivity index (χ3v) is 5.32. The third-order valence-electron chi connectivity index (χ3n) is 5.32. The van der Waals surface area contributed by atoms with Crippen LogP contribution >= 0.6 is 0 Å². The van der Waals surface area contributed by atoms with Crippen LogP contribution in [-0.2, 0) is 10.2 Å². The highest BCUT2D eigenvalue weighted by atomic mass is 16.3. The Bertz CT molecular complexity index is 528. The standard InChI is InChI=1S/C18H25NO2/c1-14-6-4-7-15(12-14)18(10-5-11-18)16(20)19-13-17(21)8-2-3-9-17/h4,6-7,12,21H,2-3,5,8-11,13H2,1H3,(H,19,20). The number of carbonyl (C=O) groups is 1. The molecule has 1 aromatic carbocycles. The van der Waals surface area contributed by atoms with Crippen molar-refractivity contribution in [2.75, 3.05) is 6.54 Å². The number of aliphatic hydroxyl groups is 1. The van der Waals surface area contributed by atoms with Gasteiger partial charge in [-0.25, -0.2) is 0 Å². The van der Waals surface area contributed by atoms with Crippen LogP contribution in [0.4, 0.5) is 0 Å². The van der Waals surface area contributed by atoms with E-state index in [2.05, 4.69) is 30.4 Å². The highest BCUT2D eigenvalue weighted by Crippen LogP contribution is 2.44. The molecule has 0 saturated heterocycles. The van der Waals surface area contributed by atoms with Gasteiger partial charge in [-0.3, -0.25) is 4.79 Å². The lowest BCUT2D eigenvalue weighted by Gasteiger charge is -2.41. The fraction of sp³-hybridized carbons (Fsp3) is 0.611. The average molecular weight is 287 g/mol. The van der Waals surface area contributed by atoms with Gasteiger partial charge in [0, 0.05) is 6.54 Å². The summed E-state index contributed by atoms with van der Waals surface area (Å²) in [5.74, 6) is 0.0969. The Morgan fingerprint density at radius 2 is 1.90 bits per heavy atom. The topological polar surface area (TPSA) is 49.3 Å². The van der Waals surface area contributed by atoms with Gasteiger partial charge in [0.1, 0.15) is 0 Å². The Hall–Kier alpha value is -1.35. The normalized spacial score (nSPS) is 22.6. The second-order valence-electron chi connectivity index (χ2n) is 6.92. The number of benzene rings is 1. The molecule has 0 bridgehead atoms. The van der Waals surface area contributed by atoms with Gasteiger partial charge in [0.25, 0.3) is 0 Å².